The van der Waals surface area contributed by atoms with Gasteiger partial charge in [0, 0.05) is 12.3 Å². The SMILES string of the molecule is CCCC(=O)OCC(CC)CN. The molecule has 0 saturated heterocycles. The molecule has 0 amide bonds. The molecule has 1 atom stereocenters. The predicted octanol–water partition coefficient (Wildman–Crippen LogP) is 1.31. The molecule has 0 aliphatic rings. The Hall–Kier alpha value is -0.570. The van der Waals surface area contributed by atoms with Crippen molar-refractivity contribution in [3.63, 3.8) is 0 Å². The molecule has 3 nitrogen and oxygen atoms in total. The van der Waals surface area contributed by atoms with Gasteiger partial charge in [-0.2, -0.15) is 0 Å². The molecule has 0 saturated carbocycles. The molecule has 1 unspecified atom stereocenters. The maximum atomic E-state index is 10.9. The summed E-state index contributed by atoms with van der Waals surface area (Å²) in [6, 6.07) is 0. The Balaban J connectivity index is 3.44. The zero-order valence-electron chi connectivity index (χ0n) is 8.01. The predicted molar refractivity (Wildman–Crippen MR) is 48.7 cm³/mol. The number of carbonyl (C=O) groups is 1. The van der Waals surface area contributed by atoms with Crippen molar-refractivity contribution in [2.75, 3.05) is 13.2 Å². The Morgan fingerprint density at radius 2 is 2.17 bits per heavy atom. The molecule has 0 spiro atoms. The van der Waals surface area contributed by atoms with E-state index in [2.05, 4.69) is 0 Å². The van der Waals surface area contributed by atoms with Crippen molar-refractivity contribution < 1.29 is 9.53 Å². The fraction of sp³-hybridized carbons (Fsp3) is 0.889. The summed E-state index contributed by atoms with van der Waals surface area (Å²) in [6.45, 7) is 5.08. The summed E-state index contributed by atoms with van der Waals surface area (Å²) in [5.74, 6) is 0.218. The Morgan fingerprint density at radius 1 is 1.50 bits per heavy atom. The van der Waals surface area contributed by atoms with Crippen LogP contribution in [0.5, 0.6) is 0 Å². The van der Waals surface area contributed by atoms with Gasteiger partial charge < -0.3 is 10.5 Å². The molecule has 2 N–H and O–H groups in total. The molecular weight excluding hydrogens is 154 g/mol. The van der Waals surface area contributed by atoms with Crippen LogP contribution >= 0.6 is 0 Å². The lowest BCUT2D eigenvalue weighted by atomic mass is 10.1. The fourth-order valence-electron chi connectivity index (χ4n) is 0.840. The van der Waals surface area contributed by atoms with Crippen molar-refractivity contribution in [2.24, 2.45) is 11.7 Å². The highest BCUT2D eigenvalue weighted by Gasteiger charge is 2.07. The Bertz CT molecular complexity index is 122. The number of nitrogens with two attached hydrogens (primary N) is 1. The van der Waals surface area contributed by atoms with Crippen LogP contribution in [0.2, 0.25) is 0 Å². The lowest BCUT2D eigenvalue weighted by Gasteiger charge is -2.11. The molecule has 0 aliphatic heterocycles. The Labute approximate surface area is 74.3 Å². The van der Waals surface area contributed by atoms with E-state index < -0.39 is 0 Å². The highest BCUT2D eigenvalue weighted by Crippen LogP contribution is 2.01. The van der Waals surface area contributed by atoms with Crippen molar-refractivity contribution in [3.05, 3.63) is 0 Å². The van der Waals surface area contributed by atoms with Crippen LogP contribution < -0.4 is 5.73 Å². The number of rotatable bonds is 6. The summed E-state index contributed by atoms with van der Waals surface area (Å²) in [6.07, 6.45) is 2.33. The number of esters is 1. The largest absolute Gasteiger partial charge is 0.465 e. The van der Waals surface area contributed by atoms with E-state index in [1.807, 2.05) is 13.8 Å². The molecule has 72 valence electrons. The van der Waals surface area contributed by atoms with Gasteiger partial charge in [-0.3, -0.25) is 4.79 Å². The summed E-state index contributed by atoms with van der Waals surface area (Å²) in [7, 11) is 0. The van der Waals surface area contributed by atoms with Gasteiger partial charge >= 0.3 is 5.97 Å². The molecular formula is C9H19NO2. The number of hydrogen-bond donors (Lipinski definition) is 1. The maximum absolute atomic E-state index is 10.9. The summed E-state index contributed by atoms with van der Waals surface area (Å²) in [4.78, 5) is 10.9. The fourth-order valence-corrected chi connectivity index (χ4v) is 0.840. The van der Waals surface area contributed by atoms with Crippen molar-refractivity contribution in [1.29, 1.82) is 0 Å². The summed E-state index contributed by atoms with van der Waals surface area (Å²) >= 11 is 0. The van der Waals surface area contributed by atoms with Crippen LogP contribution in [0.3, 0.4) is 0 Å². The Morgan fingerprint density at radius 3 is 2.58 bits per heavy atom. The molecule has 0 aliphatic carbocycles. The van der Waals surface area contributed by atoms with Crippen molar-refractivity contribution in [3.8, 4) is 0 Å². The minimum atomic E-state index is -0.107. The van der Waals surface area contributed by atoms with Crippen LogP contribution in [0.4, 0.5) is 0 Å². The molecule has 0 fully saturated rings. The highest BCUT2D eigenvalue weighted by atomic mass is 16.5. The highest BCUT2D eigenvalue weighted by molar-refractivity contribution is 5.69. The minimum absolute atomic E-state index is 0.107. The smallest absolute Gasteiger partial charge is 0.305 e. The van der Waals surface area contributed by atoms with Crippen LogP contribution in [0.1, 0.15) is 33.1 Å². The minimum Gasteiger partial charge on any atom is -0.465 e. The number of carbonyl (C=O) groups excluding carboxylic acids is 1. The van der Waals surface area contributed by atoms with E-state index >= 15 is 0 Å². The van der Waals surface area contributed by atoms with E-state index in [9.17, 15) is 4.79 Å². The van der Waals surface area contributed by atoms with Crippen LogP contribution in [0.25, 0.3) is 0 Å². The van der Waals surface area contributed by atoms with Gasteiger partial charge in [-0.1, -0.05) is 13.8 Å². The van der Waals surface area contributed by atoms with Gasteiger partial charge in [0.25, 0.3) is 0 Å². The van der Waals surface area contributed by atoms with E-state index in [0.29, 0.717) is 25.5 Å². The van der Waals surface area contributed by atoms with E-state index in [1.54, 1.807) is 0 Å². The lowest BCUT2D eigenvalue weighted by molar-refractivity contribution is -0.145. The standard InChI is InChI=1S/C9H19NO2/c1-3-5-9(11)12-7-8(4-2)6-10/h8H,3-7,10H2,1-2H3. The van der Waals surface area contributed by atoms with Gasteiger partial charge in [-0.05, 0) is 19.4 Å². The van der Waals surface area contributed by atoms with Crippen LogP contribution in [-0.2, 0) is 9.53 Å². The zero-order chi connectivity index (χ0) is 9.40. The van der Waals surface area contributed by atoms with Gasteiger partial charge in [0.1, 0.15) is 0 Å². The number of ether oxygens (including phenoxy) is 1. The van der Waals surface area contributed by atoms with Gasteiger partial charge in [0.2, 0.25) is 0 Å². The average Bonchev–Trinajstić information content (AvgIpc) is 2.07. The normalized spacial score (nSPS) is 12.6. The van der Waals surface area contributed by atoms with E-state index in [4.69, 9.17) is 10.5 Å². The Kier molecular flexibility index (Phi) is 6.76. The van der Waals surface area contributed by atoms with Crippen molar-refractivity contribution >= 4 is 5.97 Å². The zero-order valence-corrected chi connectivity index (χ0v) is 8.01. The van der Waals surface area contributed by atoms with Crippen LogP contribution in [-0.4, -0.2) is 19.1 Å². The average molecular weight is 173 g/mol. The molecule has 0 aromatic heterocycles. The van der Waals surface area contributed by atoms with E-state index in [1.165, 1.54) is 0 Å². The molecule has 0 rings (SSSR count). The van der Waals surface area contributed by atoms with Crippen molar-refractivity contribution in [1.82, 2.24) is 0 Å². The third-order valence-corrected chi connectivity index (χ3v) is 1.84. The maximum Gasteiger partial charge on any atom is 0.305 e. The second kappa shape index (κ2) is 7.10. The first-order valence-electron chi connectivity index (χ1n) is 4.60. The van der Waals surface area contributed by atoms with Gasteiger partial charge in [0.15, 0.2) is 0 Å². The second-order valence-corrected chi connectivity index (χ2v) is 2.94. The quantitative estimate of drug-likeness (QED) is 0.616. The first kappa shape index (κ1) is 11.4. The summed E-state index contributed by atoms with van der Waals surface area (Å²) in [5.41, 5.74) is 5.45. The molecule has 0 bridgehead atoms. The third kappa shape index (κ3) is 5.13. The molecule has 0 aromatic rings. The van der Waals surface area contributed by atoms with Crippen molar-refractivity contribution in [2.45, 2.75) is 33.1 Å². The first-order chi connectivity index (χ1) is 5.74. The van der Waals surface area contributed by atoms with Gasteiger partial charge in [-0.25, -0.2) is 0 Å². The summed E-state index contributed by atoms with van der Waals surface area (Å²) in [5, 5.41) is 0. The number of hydrogen-bond acceptors (Lipinski definition) is 3. The molecule has 12 heavy (non-hydrogen) atoms. The van der Waals surface area contributed by atoms with E-state index in [0.717, 1.165) is 12.8 Å². The monoisotopic (exact) mass is 173 g/mol. The molecule has 0 heterocycles. The third-order valence-electron chi connectivity index (χ3n) is 1.84. The van der Waals surface area contributed by atoms with Gasteiger partial charge in [-0.15, -0.1) is 0 Å². The molecule has 0 radical (unpaired) electrons. The second-order valence-electron chi connectivity index (χ2n) is 2.94. The first-order valence-corrected chi connectivity index (χ1v) is 4.60. The summed E-state index contributed by atoms with van der Waals surface area (Å²) < 4.78 is 5.01. The van der Waals surface area contributed by atoms with Gasteiger partial charge in [0.05, 0.1) is 6.61 Å². The van der Waals surface area contributed by atoms with E-state index in [-0.39, 0.29) is 5.97 Å². The molecule has 3 heteroatoms. The van der Waals surface area contributed by atoms with Crippen LogP contribution in [0.15, 0.2) is 0 Å². The van der Waals surface area contributed by atoms with Crippen LogP contribution in [0, 0.1) is 5.92 Å². The topological polar surface area (TPSA) is 52.3 Å². The molecule has 0 aromatic carbocycles. The lowest BCUT2D eigenvalue weighted by Crippen LogP contribution is -2.21.